The van der Waals surface area contributed by atoms with Crippen LogP contribution >= 0.6 is 11.6 Å². The predicted octanol–water partition coefficient (Wildman–Crippen LogP) is 6.22. The second-order valence-corrected chi connectivity index (χ2v) is 11.3. The van der Waals surface area contributed by atoms with E-state index in [1.807, 2.05) is 0 Å². The van der Waals surface area contributed by atoms with Crippen LogP contribution in [0.25, 0.3) is 10.8 Å². The van der Waals surface area contributed by atoms with Gasteiger partial charge in [0.1, 0.15) is 16.5 Å². The number of fused-ring (bicyclic) bond motifs is 1. The third-order valence-corrected chi connectivity index (χ3v) is 7.18. The first kappa shape index (κ1) is 27.0. The van der Waals surface area contributed by atoms with Crippen molar-refractivity contribution in [1.82, 2.24) is 9.97 Å². The molecule has 1 aliphatic heterocycles. The molecule has 2 N–H and O–H groups in total. The fraction of sp³-hybridized carbons (Fsp3) is 0.348. The molecular weight excluding hydrogens is 541 g/mol. The van der Waals surface area contributed by atoms with Crippen molar-refractivity contribution in [1.29, 1.82) is 4.78 Å². The van der Waals surface area contributed by atoms with Gasteiger partial charge in [-0.2, -0.15) is 13.2 Å². The van der Waals surface area contributed by atoms with Crippen LogP contribution < -0.4 is 10.2 Å². The van der Waals surface area contributed by atoms with Crippen LogP contribution in [0.1, 0.15) is 35.3 Å². The molecule has 1 unspecified atom stereocenters. The van der Waals surface area contributed by atoms with Crippen molar-refractivity contribution in [2.24, 2.45) is 0 Å². The van der Waals surface area contributed by atoms with Crippen LogP contribution in [0.4, 0.5) is 33.5 Å². The largest absolute Gasteiger partial charge is 0.417 e. The van der Waals surface area contributed by atoms with E-state index in [0.717, 1.165) is 12.1 Å². The Morgan fingerprint density at radius 3 is 2.59 bits per heavy atom. The summed E-state index contributed by atoms with van der Waals surface area (Å²) in [4.78, 5) is 22.7. The van der Waals surface area contributed by atoms with E-state index in [9.17, 15) is 31.0 Å². The minimum Gasteiger partial charge on any atom is -0.356 e. The summed E-state index contributed by atoms with van der Waals surface area (Å²) < 4.78 is 88.3. The average Bonchev–Trinajstić information content (AvgIpc) is 2.97. The number of carbonyl (C=O) groups is 1. The van der Waals surface area contributed by atoms with Crippen molar-refractivity contribution in [2.75, 3.05) is 29.6 Å². The van der Waals surface area contributed by atoms with Gasteiger partial charge in [0.05, 0.1) is 20.3 Å². The molecule has 0 saturated carbocycles. The fourth-order valence-electron chi connectivity index (χ4n) is 4.00. The van der Waals surface area contributed by atoms with Gasteiger partial charge >= 0.3 is 6.18 Å². The Bertz CT molecular complexity index is 1480. The number of benzene rings is 1. The molecule has 0 spiro atoms. The molecule has 1 aliphatic rings. The number of aromatic nitrogens is 2. The van der Waals surface area contributed by atoms with E-state index in [1.165, 1.54) is 35.6 Å². The number of halogens is 6. The Labute approximate surface area is 214 Å². The molecule has 0 bridgehead atoms. The number of anilines is 2. The fourth-order valence-corrected chi connectivity index (χ4v) is 4.89. The van der Waals surface area contributed by atoms with E-state index in [2.05, 4.69) is 15.3 Å². The Kier molecular flexibility index (Phi) is 7.06. The minimum atomic E-state index is -4.76. The SMILES string of the molecule is CS(=N)(=O)c1cc(NC(=O)c2cc3cc(Cl)c(C(F)(F)F)cc3c(N3CCCC(F)(F)CC3)n2)ccn1. The summed E-state index contributed by atoms with van der Waals surface area (Å²) in [6.07, 6.45) is -3.15. The monoisotopic (exact) mass is 561 g/mol. The quantitative estimate of drug-likeness (QED) is 0.369. The number of amides is 1. The van der Waals surface area contributed by atoms with E-state index < -0.39 is 44.7 Å². The zero-order valence-corrected chi connectivity index (χ0v) is 20.9. The summed E-state index contributed by atoms with van der Waals surface area (Å²) in [5.41, 5.74) is -1.14. The van der Waals surface area contributed by atoms with Crippen molar-refractivity contribution in [2.45, 2.75) is 36.4 Å². The summed E-state index contributed by atoms with van der Waals surface area (Å²) >= 11 is 5.91. The highest BCUT2D eigenvalue weighted by Crippen LogP contribution is 2.40. The van der Waals surface area contributed by atoms with E-state index in [1.54, 1.807) is 0 Å². The number of pyridine rings is 2. The number of nitrogens with one attached hydrogen (secondary N) is 2. The van der Waals surface area contributed by atoms with Crippen LogP contribution in [0.2, 0.25) is 5.02 Å². The van der Waals surface area contributed by atoms with Gasteiger partial charge in [-0.25, -0.2) is 27.7 Å². The van der Waals surface area contributed by atoms with Crippen LogP contribution in [0.5, 0.6) is 0 Å². The highest BCUT2D eigenvalue weighted by molar-refractivity contribution is 7.91. The van der Waals surface area contributed by atoms with Crippen molar-refractivity contribution in [3.05, 3.63) is 52.8 Å². The maximum atomic E-state index is 14.0. The number of carbonyl (C=O) groups excluding carboxylic acids is 1. The first-order valence-electron chi connectivity index (χ1n) is 11.0. The van der Waals surface area contributed by atoms with E-state index >= 15 is 0 Å². The lowest BCUT2D eigenvalue weighted by molar-refractivity contribution is -0.137. The molecule has 7 nitrogen and oxygen atoms in total. The summed E-state index contributed by atoms with van der Waals surface area (Å²) in [6, 6.07) is 5.79. The van der Waals surface area contributed by atoms with E-state index in [-0.39, 0.29) is 58.9 Å². The lowest BCUT2D eigenvalue weighted by Crippen LogP contribution is -2.28. The van der Waals surface area contributed by atoms with Crippen LogP contribution in [-0.2, 0) is 15.9 Å². The Balaban J connectivity index is 1.81. The number of rotatable bonds is 4. The highest BCUT2D eigenvalue weighted by Gasteiger charge is 2.35. The molecule has 0 aliphatic carbocycles. The van der Waals surface area contributed by atoms with Crippen LogP contribution in [0, 0.1) is 4.78 Å². The smallest absolute Gasteiger partial charge is 0.356 e. The van der Waals surface area contributed by atoms with E-state index in [4.69, 9.17) is 16.4 Å². The zero-order valence-electron chi connectivity index (χ0n) is 19.3. The van der Waals surface area contributed by atoms with Crippen molar-refractivity contribution >= 4 is 49.5 Å². The van der Waals surface area contributed by atoms with Crippen LogP contribution in [-0.4, -0.2) is 45.4 Å². The zero-order chi connectivity index (χ0) is 27.2. The maximum Gasteiger partial charge on any atom is 0.417 e. The molecule has 3 aromatic rings. The summed E-state index contributed by atoms with van der Waals surface area (Å²) in [5, 5.41) is 2.08. The van der Waals surface area contributed by atoms with Crippen molar-refractivity contribution in [3.8, 4) is 0 Å². The second-order valence-electron chi connectivity index (χ2n) is 8.76. The van der Waals surface area contributed by atoms with Gasteiger partial charge in [0.2, 0.25) is 5.92 Å². The van der Waals surface area contributed by atoms with Crippen molar-refractivity contribution in [3.63, 3.8) is 0 Å². The first-order chi connectivity index (χ1) is 17.1. The first-order valence-corrected chi connectivity index (χ1v) is 13.3. The molecule has 0 radical (unpaired) electrons. The Hall–Kier alpha value is -3.06. The highest BCUT2D eigenvalue weighted by atomic mass is 35.5. The van der Waals surface area contributed by atoms with Gasteiger partial charge in [-0.1, -0.05) is 11.6 Å². The van der Waals surface area contributed by atoms with Gasteiger partial charge in [-0.05, 0) is 42.1 Å². The lowest BCUT2D eigenvalue weighted by atomic mass is 10.1. The standard InChI is InChI=1S/C23H21ClF5N5O2S/c1-37(30,36)19-11-14(3-6-31-19)32-21(35)18-10-13-9-17(24)16(23(27,28)29)12-15(13)20(33-18)34-7-2-4-22(25,26)5-8-34/h3,6,9-12,30H,2,4-5,7-8H2,1H3,(H,31,32,35). The molecule has 1 fully saturated rings. The predicted molar refractivity (Wildman–Crippen MR) is 130 cm³/mol. The molecule has 198 valence electrons. The number of alkyl halides is 5. The van der Waals surface area contributed by atoms with Gasteiger partial charge in [0.25, 0.3) is 5.91 Å². The number of hydrogen-bond donors (Lipinski definition) is 2. The molecular formula is C23H21ClF5N5O2S. The molecule has 37 heavy (non-hydrogen) atoms. The third-order valence-electron chi connectivity index (χ3n) is 5.85. The molecule has 3 heterocycles. The van der Waals surface area contributed by atoms with Gasteiger partial charge in [-0.3, -0.25) is 4.79 Å². The summed E-state index contributed by atoms with van der Waals surface area (Å²) in [6.45, 7) is -0.0684. The topological polar surface area (TPSA) is 99.0 Å². The minimum absolute atomic E-state index is 0.0182. The molecule has 1 saturated heterocycles. The summed E-state index contributed by atoms with van der Waals surface area (Å²) in [5.74, 6) is -3.72. The molecule has 14 heteroatoms. The average molecular weight is 562 g/mol. The number of nitrogens with zero attached hydrogens (tertiary/aromatic N) is 3. The molecule has 1 amide bonds. The van der Waals surface area contributed by atoms with Gasteiger partial charge in [0, 0.05) is 49.5 Å². The third kappa shape index (κ3) is 6.09. The Morgan fingerprint density at radius 1 is 1.19 bits per heavy atom. The number of hydrogen-bond acceptors (Lipinski definition) is 6. The molecule has 1 atom stereocenters. The normalized spacial score (nSPS) is 17.8. The summed E-state index contributed by atoms with van der Waals surface area (Å²) in [7, 11) is -3.16. The molecule has 4 rings (SSSR count). The van der Waals surface area contributed by atoms with Gasteiger partial charge in [0.15, 0.2) is 0 Å². The van der Waals surface area contributed by atoms with E-state index in [0.29, 0.717) is 0 Å². The molecule has 2 aromatic heterocycles. The second kappa shape index (κ2) is 9.67. The maximum absolute atomic E-state index is 14.0. The van der Waals surface area contributed by atoms with Gasteiger partial charge in [-0.15, -0.1) is 0 Å². The lowest BCUT2D eigenvalue weighted by Gasteiger charge is -2.24. The Morgan fingerprint density at radius 2 is 1.92 bits per heavy atom. The molecule has 1 aromatic carbocycles. The van der Waals surface area contributed by atoms with Gasteiger partial charge < -0.3 is 10.2 Å². The van der Waals surface area contributed by atoms with Crippen LogP contribution in [0.3, 0.4) is 0 Å². The van der Waals surface area contributed by atoms with Crippen LogP contribution in [0.15, 0.2) is 41.6 Å². The van der Waals surface area contributed by atoms with Crippen molar-refractivity contribution < 1.29 is 31.0 Å².